The number of hydrogen-bond donors (Lipinski definition) is 0. The van der Waals surface area contributed by atoms with E-state index in [2.05, 4.69) is 41.4 Å². The molecule has 0 amide bonds. The molecular weight excluding hydrogens is 234 g/mol. The Morgan fingerprint density at radius 1 is 1.21 bits per heavy atom. The van der Waals surface area contributed by atoms with Crippen LogP contribution in [-0.2, 0) is 0 Å². The van der Waals surface area contributed by atoms with Crippen molar-refractivity contribution < 1.29 is 0 Å². The van der Waals surface area contributed by atoms with E-state index >= 15 is 0 Å². The summed E-state index contributed by atoms with van der Waals surface area (Å²) in [5, 5.41) is 0. The normalized spacial score (nSPS) is 20.1. The molecule has 0 aliphatic carbocycles. The van der Waals surface area contributed by atoms with Gasteiger partial charge in [0.2, 0.25) is 0 Å². The van der Waals surface area contributed by atoms with Crippen LogP contribution < -0.4 is 0 Å². The Bertz CT molecular complexity index is 205. The molecule has 0 aromatic heterocycles. The third-order valence-corrected chi connectivity index (χ3v) is 3.74. The fourth-order valence-corrected chi connectivity index (χ4v) is 3.31. The molecule has 14 heavy (non-hydrogen) atoms. The SMILES string of the molecule is [Li][Se]C(=NC(C)(C)C)N1CCCCC1. The number of piperidine rings is 1. The van der Waals surface area contributed by atoms with E-state index in [9.17, 15) is 0 Å². The summed E-state index contributed by atoms with van der Waals surface area (Å²) in [6.07, 6.45) is 4.09. The van der Waals surface area contributed by atoms with Crippen LogP contribution in [0.4, 0.5) is 0 Å². The quantitative estimate of drug-likeness (QED) is 0.392. The van der Waals surface area contributed by atoms with Gasteiger partial charge in [0, 0.05) is 0 Å². The molecule has 1 aliphatic rings. The van der Waals surface area contributed by atoms with Crippen LogP contribution in [0.1, 0.15) is 40.0 Å². The van der Waals surface area contributed by atoms with Crippen molar-refractivity contribution in [1.82, 2.24) is 4.90 Å². The van der Waals surface area contributed by atoms with Crippen LogP contribution in [0.5, 0.6) is 0 Å². The Morgan fingerprint density at radius 2 is 1.79 bits per heavy atom. The van der Waals surface area contributed by atoms with Crippen molar-refractivity contribution in [1.29, 1.82) is 0 Å². The van der Waals surface area contributed by atoms with Crippen LogP contribution in [0, 0.1) is 0 Å². The van der Waals surface area contributed by atoms with Gasteiger partial charge in [-0.05, 0) is 0 Å². The van der Waals surface area contributed by atoms with Crippen LogP contribution >= 0.6 is 0 Å². The molecular formula is C10H19LiN2Se. The third-order valence-electron chi connectivity index (χ3n) is 2.24. The van der Waals surface area contributed by atoms with Crippen molar-refractivity contribution in [2.75, 3.05) is 13.1 Å². The number of hydrogen-bond acceptors (Lipinski definition) is 1. The average molecular weight is 253 g/mol. The molecule has 1 rings (SSSR count). The predicted molar refractivity (Wildman–Crippen MR) is 64.1 cm³/mol. The fourth-order valence-electron chi connectivity index (χ4n) is 1.62. The molecule has 0 unspecified atom stereocenters. The zero-order valence-electron chi connectivity index (χ0n) is 9.84. The van der Waals surface area contributed by atoms with E-state index in [4.69, 9.17) is 4.99 Å². The zero-order chi connectivity index (χ0) is 10.6. The molecule has 0 spiro atoms. The topological polar surface area (TPSA) is 15.6 Å². The van der Waals surface area contributed by atoms with Gasteiger partial charge in [-0.3, -0.25) is 0 Å². The molecule has 0 bridgehead atoms. The molecule has 1 fully saturated rings. The Labute approximate surface area is 102 Å². The summed E-state index contributed by atoms with van der Waals surface area (Å²) in [4.78, 5) is 7.32. The van der Waals surface area contributed by atoms with Crippen molar-refractivity contribution in [3.63, 3.8) is 0 Å². The molecule has 0 saturated carbocycles. The summed E-state index contributed by atoms with van der Waals surface area (Å²) in [5.74, 6) is 0. The minimum atomic E-state index is 0.0878. The second-order valence-corrected chi connectivity index (χ2v) is 6.44. The number of aliphatic imine (C=N–C) groups is 1. The van der Waals surface area contributed by atoms with Gasteiger partial charge >= 0.3 is 102 Å². The molecule has 4 heteroatoms. The Morgan fingerprint density at radius 3 is 2.21 bits per heavy atom. The monoisotopic (exact) mass is 254 g/mol. The van der Waals surface area contributed by atoms with Crippen LogP contribution in [0.3, 0.4) is 0 Å². The van der Waals surface area contributed by atoms with Crippen LogP contribution in [0.2, 0.25) is 0 Å². The summed E-state index contributed by atoms with van der Waals surface area (Å²) in [5.41, 5.74) is 0.0878. The molecule has 1 saturated heterocycles. The van der Waals surface area contributed by atoms with Crippen LogP contribution in [-0.4, -0.2) is 56.8 Å². The van der Waals surface area contributed by atoms with E-state index in [1.165, 1.54) is 37.1 Å². The summed E-state index contributed by atoms with van der Waals surface area (Å²) in [6.45, 7) is 9.00. The number of nitrogens with zero attached hydrogens (tertiary/aromatic N) is 2. The third kappa shape index (κ3) is 4.40. The number of amidine groups is 1. The van der Waals surface area contributed by atoms with E-state index in [1.54, 1.807) is 0 Å². The molecule has 0 N–H and O–H groups in total. The molecule has 76 valence electrons. The first-order valence-corrected chi connectivity index (χ1v) is 7.99. The standard InChI is InChI=1S/C10H20N2Se.Li/c1-10(2,3)11-9(13)12-7-5-4-6-8-12;/h4-8H2,1-3H3,(H,11,13);/q;+1/p-1. The molecule has 0 aromatic rings. The average Bonchev–Trinajstić information content (AvgIpc) is 2.14. The predicted octanol–water partition coefficient (Wildman–Crippen LogP) is 1.41. The van der Waals surface area contributed by atoms with Crippen molar-refractivity contribution in [3.8, 4) is 0 Å². The zero-order valence-corrected chi connectivity index (χ0v) is 11.6. The number of rotatable bonds is 1. The van der Waals surface area contributed by atoms with E-state index in [0.717, 1.165) is 0 Å². The molecule has 1 aliphatic heterocycles. The summed E-state index contributed by atoms with van der Waals surface area (Å²) < 4.78 is 1.37. The van der Waals surface area contributed by atoms with E-state index in [0.29, 0.717) is 12.8 Å². The first kappa shape index (κ1) is 12.7. The van der Waals surface area contributed by atoms with Crippen molar-refractivity contribution in [2.24, 2.45) is 4.99 Å². The molecule has 0 radical (unpaired) electrons. The van der Waals surface area contributed by atoms with Crippen LogP contribution in [0.15, 0.2) is 4.99 Å². The minimum absolute atomic E-state index is 0.0878. The first-order valence-electron chi connectivity index (χ1n) is 5.42. The Balaban J connectivity index is 2.64. The molecule has 0 aromatic carbocycles. The van der Waals surface area contributed by atoms with Gasteiger partial charge in [0.25, 0.3) is 0 Å². The first-order chi connectivity index (χ1) is 6.53. The summed E-state index contributed by atoms with van der Waals surface area (Å²) >= 11 is 2.80. The van der Waals surface area contributed by atoms with E-state index in [1.807, 2.05) is 0 Å². The van der Waals surface area contributed by atoms with E-state index in [-0.39, 0.29) is 5.54 Å². The second-order valence-electron chi connectivity index (χ2n) is 4.82. The fraction of sp³-hybridized carbons (Fsp3) is 0.900. The molecule has 1 heterocycles. The van der Waals surface area contributed by atoms with Gasteiger partial charge in [0.05, 0.1) is 0 Å². The summed E-state index contributed by atoms with van der Waals surface area (Å²) in [6, 6.07) is 0. The maximum atomic E-state index is 4.82. The Hall–Kier alpha value is 0.587. The van der Waals surface area contributed by atoms with Gasteiger partial charge in [-0.2, -0.15) is 0 Å². The molecule has 0 atom stereocenters. The van der Waals surface area contributed by atoms with Crippen molar-refractivity contribution in [2.45, 2.75) is 45.6 Å². The van der Waals surface area contributed by atoms with Gasteiger partial charge in [0.15, 0.2) is 0 Å². The van der Waals surface area contributed by atoms with Crippen molar-refractivity contribution >= 4 is 33.3 Å². The second kappa shape index (κ2) is 5.61. The maximum absolute atomic E-state index is 4.82. The molecule has 2 nitrogen and oxygen atoms in total. The van der Waals surface area contributed by atoms with Crippen LogP contribution in [0.25, 0.3) is 0 Å². The van der Waals surface area contributed by atoms with Gasteiger partial charge < -0.3 is 0 Å². The Kier molecular flexibility index (Phi) is 5.07. The van der Waals surface area contributed by atoms with Crippen molar-refractivity contribution in [3.05, 3.63) is 0 Å². The van der Waals surface area contributed by atoms with Gasteiger partial charge in [-0.25, -0.2) is 0 Å². The van der Waals surface area contributed by atoms with Gasteiger partial charge in [-0.1, -0.05) is 0 Å². The van der Waals surface area contributed by atoms with Gasteiger partial charge in [-0.15, -0.1) is 0 Å². The van der Waals surface area contributed by atoms with E-state index < -0.39 is 0 Å². The van der Waals surface area contributed by atoms with Gasteiger partial charge in [0.1, 0.15) is 0 Å². The summed E-state index contributed by atoms with van der Waals surface area (Å²) in [7, 11) is 0. The number of likely N-dealkylation sites (tertiary alicyclic amines) is 1.